The van der Waals surface area contributed by atoms with E-state index in [2.05, 4.69) is 46.2 Å². The van der Waals surface area contributed by atoms with Gasteiger partial charge in [0.25, 0.3) is 0 Å². The number of H-pyrrole nitrogens is 1. The highest BCUT2D eigenvalue weighted by Crippen LogP contribution is 2.31. The SMILES string of the molecule is CCOC(O)c1[nH]c2ncnc(Nc3ccc(C)c(C)c3)c2c1C. The summed E-state index contributed by atoms with van der Waals surface area (Å²) in [6, 6.07) is 6.18. The van der Waals surface area contributed by atoms with Gasteiger partial charge in [-0.3, -0.25) is 0 Å². The molecule has 0 amide bonds. The Labute approximate surface area is 140 Å². The van der Waals surface area contributed by atoms with E-state index >= 15 is 0 Å². The summed E-state index contributed by atoms with van der Waals surface area (Å²) in [5.74, 6) is 0.701. The van der Waals surface area contributed by atoms with Gasteiger partial charge < -0.3 is 20.1 Å². The predicted molar refractivity (Wildman–Crippen MR) is 94.4 cm³/mol. The minimum Gasteiger partial charge on any atom is -0.363 e. The van der Waals surface area contributed by atoms with Crippen molar-refractivity contribution in [2.45, 2.75) is 34.0 Å². The summed E-state index contributed by atoms with van der Waals surface area (Å²) in [4.78, 5) is 11.8. The van der Waals surface area contributed by atoms with Crippen LogP contribution in [0.25, 0.3) is 11.0 Å². The number of nitrogens with one attached hydrogen (secondary N) is 2. The third kappa shape index (κ3) is 2.98. The number of aromatic amines is 1. The molecule has 6 nitrogen and oxygen atoms in total. The summed E-state index contributed by atoms with van der Waals surface area (Å²) >= 11 is 0. The van der Waals surface area contributed by atoms with Crippen LogP contribution in [0.1, 0.15) is 35.6 Å². The second-order valence-corrected chi connectivity index (χ2v) is 5.84. The van der Waals surface area contributed by atoms with Crippen molar-refractivity contribution in [3.63, 3.8) is 0 Å². The fraction of sp³-hybridized carbons (Fsp3) is 0.333. The van der Waals surface area contributed by atoms with Gasteiger partial charge in [-0.1, -0.05) is 6.07 Å². The number of benzene rings is 1. The second kappa shape index (κ2) is 6.59. The maximum atomic E-state index is 10.1. The van der Waals surface area contributed by atoms with E-state index in [0.29, 0.717) is 23.8 Å². The van der Waals surface area contributed by atoms with Crippen LogP contribution in [0.2, 0.25) is 0 Å². The van der Waals surface area contributed by atoms with Gasteiger partial charge in [-0.15, -0.1) is 0 Å². The van der Waals surface area contributed by atoms with Crippen molar-refractivity contribution in [1.29, 1.82) is 0 Å². The largest absolute Gasteiger partial charge is 0.363 e. The molecule has 1 unspecified atom stereocenters. The maximum Gasteiger partial charge on any atom is 0.196 e. The smallest absolute Gasteiger partial charge is 0.196 e. The second-order valence-electron chi connectivity index (χ2n) is 5.84. The standard InChI is InChI=1S/C18H22N4O2/c1-5-24-18(23)15-12(4)14-16(19-9-20-17(14)22-15)21-13-7-6-10(2)11(3)8-13/h6-9,18,23H,5H2,1-4H3,(H2,19,20,21,22). The van der Waals surface area contributed by atoms with E-state index in [9.17, 15) is 5.11 Å². The first-order chi connectivity index (χ1) is 11.5. The molecule has 0 spiro atoms. The number of aryl methyl sites for hydroxylation is 3. The van der Waals surface area contributed by atoms with Crippen molar-refractivity contribution in [2.75, 3.05) is 11.9 Å². The molecule has 6 heteroatoms. The van der Waals surface area contributed by atoms with Crippen molar-refractivity contribution in [2.24, 2.45) is 0 Å². The maximum absolute atomic E-state index is 10.1. The zero-order valence-corrected chi connectivity index (χ0v) is 14.3. The molecule has 0 saturated heterocycles. The molecule has 3 rings (SSSR count). The number of hydrogen-bond acceptors (Lipinski definition) is 5. The molecule has 2 heterocycles. The lowest BCUT2D eigenvalue weighted by molar-refractivity contribution is -0.101. The van der Waals surface area contributed by atoms with Gasteiger partial charge in [0.15, 0.2) is 6.29 Å². The molecule has 3 N–H and O–H groups in total. The zero-order chi connectivity index (χ0) is 17.3. The van der Waals surface area contributed by atoms with Crippen molar-refractivity contribution in [1.82, 2.24) is 15.0 Å². The van der Waals surface area contributed by atoms with Gasteiger partial charge in [0, 0.05) is 12.3 Å². The van der Waals surface area contributed by atoms with E-state index in [1.165, 1.54) is 17.5 Å². The summed E-state index contributed by atoms with van der Waals surface area (Å²) in [5.41, 5.74) is 5.57. The van der Waals surface area contributed by atoms with Gasteiger partial charge in [0.1, 0.15) is 17.8 Å². The van der Waals surface area contributed by atoms with Crippen LogP contribution in [0.15, 0.2) is 24.5 Å². The highest BCUT2D eigenvalue weighted by atomic mass is 16.6. The first-order valence-corrected chi connectivity index (χ1v) is 7.98. The number of hydrogen-bond donors (Lipinski definition) is 3. The van der Waals surface area contributed by atoms with Crippen molar-refractivity contribution in [3.8, 4) is 0 Å². The highest BCUT2D eigenvalue weighted by Gasteiger charge is 2.19. The number of rotatable bonds is 5. The lowest BCUT2D eigenvalue weighted by Gasteiger charge is -2.10. The summed E-state index contributed by atoms with van der Waals surface area (Å²) in [5, 5.41) is 14.3. The fourth-order valence-electron chi connectivity index (χ4n) is 2.73. The number of nitrogens with zero attached hydrogens (tertiary/aromatic N) is 2. The van der Waals surface area contributed by atoms with Crippen LogP contribution in [0.3, 0.4) is 0 Å². The van der Waals surface area contributed by atoms with Crippen molar-refractivity contribution in [3.05, 3.63) is 46.9 Å². The normalized spacial score (nSPS) is 12.5. The van der Waals surface area contributed by atoms with Crippen LogP contribution < -0.4 is 5.32 Å². The van der Waals surface area contributed by atoms with E-state index in [-0.39, 0.29) is 0 Å². The molecule has 126 valence electrons. The first-order valence-electron chi connectivity index (χ1n) is 7.98. The van der Waals surface area contributed by atoms with Crippen LogP contribution in [-0.2, 0) is 4.74 Å². The van der Waals surface area contributed by atoms with Gasteiger partial charge in [-0.2, -0.15) is 0 Å². The van der Waals surface area contributed by atoms with Gasteiger partial charge in [0.05, 0.1) is 11.1 Å². The Morgan fingerprint density at radius 3 is 2.71 bits per heavy atom. The van der Waals surface area contributed by atoms with E-state index < -0.39 is 6.29 Å². The van der Waals surface area contributed by atoms with Crippen LogP contribution >= 0.6 is 0 Å². The number of aromatic nitrogens is 3. The Kier molecular flexibility index (Phi) is 4.51. The predicted octanol–water partition coefficient (Wildman–Crippen LogP) is 3.65. The third-order valence-electron chi connectivity index (χ3n) is 4.22. The Hall–Kier alpha value is -2.44. The lowest BCUT2D eigenvalue weighted by Crippen LogP contribution is -2.04. The van der Waals surface area contributed by atoms with Crippen molar-refractivity contribution >= 4 is 22.5 Å². The van der Waals surface area contributed by atoms with E-state index in [0.717, 1.165) is 16.6 Å². The Morgan fingerprint density at radius 1 is 1.21 bits per heavy atom. The minimum absolute atomic E-state index is 0.426. The van der Waals surface area contributed by atoms with Crippen LogP contribution in [0, 0.1) is 20.8 Å². The molecule has 1 aromatic carbocycles. The van der Waals surface area contributed by atoms with E-state index in [4.69, 9.17) is 4.74 Å². The molecular weight excluding hydrogens is 304 g/mol. The number of aliphatic hydroxyl groups excluding tert-OH is 1. The molecule has 3 aromatic rings. The molecule has 24 heavy (non-hydrogen) atoms. The topological polar surface area (TPSA) is 83.1 Å². The fourth-order valence-corrected chi connectivity index (χ4v) is 2.73. The molecule has 0 radical (unpaired) electrons. The Bertz CT molecular complexity index is 873. The summed E-state index contributed by atoms with van der Waals surface area (Å²) in [7, 11) is 0. The summed E-state index contributed by atoms with van der Waals surface area (Å²) in [6.45, 7) is 8.35. The van der Waals surface area contributed by atoms with Crippen molar-refractivity contribution < 1.29 is 9.84 Å². The average Bonchev–Trinajstić information content (AvgIpc) is 2.89. The van der Waals surface area contributed by atoms with E-state index in [1.807, 2.05) is 19.9 Å². The Morgan fingerprint density at radius 2 is 2.00 bits per heavy atom. The number of ether oxygens (including phenoxy) is 1. The number of fused-ring (bicyclic) bond motifs is 1. The quantitative estimate of drug-likeness (QED) is 0.623. The molecule has 0 aliphatic carbocycles. The van der Waals surface area contributed by atoms with Gasteiger partial charge in [-0.25, -0.2) is 9.97 Å². The number of aliphatic hydroxyl groups is 1. The monoisotopic (exact) mass is 326 g/mol. The van der Waals surface area contributed by atoms with Gasteiger partial charge in [-0.05, 0) is 56.5 Å². The zero-order valence-electron chi connectivity index (χ0n) is 14.3. The molecule has 0 aliphatic heterocycles. The number of anilines is 2. The Balaban J connectivity index is 2.03. The van der Waals surface area contributed by atoms with Crippen LogP contribution in [-0.4, -0.2) is 26.7 Å². The average molecular weight is 326 g/mol. The molecule has 0 fully saturated rings. The van der Waals surface area contributed by atoms with E-state index in [1.54, 1.807) is 0 Å². The summed E-state index contributed by atoms with van der Waals surface area (Å²) < 4.78 is 5.28. The molecular formula is C18H22N4O2. The molecule has 1 atom stereocenters. The lowest BCUT2D eigenvalue weighted by atomic mass is 10.1. The first kappa shape index (κ1) is 16.4. The molecule has 0 saturated carbocycles. The minimum atomic E-state index is -1.00. The van der Waals surface area contributed by atoms with Crippen LogP contribution in [0.4, 0.5) is 11.5 Å². The molecule has 0 aliphatic rings. The summed E-state index contributed by atoms with van der Waals surface area (Å²) in [6.07, 6.45) is 0.497. The highest BCUT2D eigenvalue weighted by molar-refractivity contribution is 5.92. The molecule has 2 aromatic heterocycles. The molecule has 0 bridgehead atoms. The van der Waals surface area contributed by atoms with Gasteiger partial charge in [0.2, 0.25) is 0 Å². The van der Waals surface area contributed by atoms with Crippen LogP contribution in [0.5, 0.6) is 0 Å². The third-order valence-corrected chi connectivity index (χ3v) is 4.22. The van der Waals surface area contributed by atoms with Gasteiger partial charge >= 0.3 is 0 Å².